The Morgan fingerprint density at radius 1 is 1.26 bits per heavy atom. The van der Waals surface area contributed by atoms with Crippen LogP contribution in [0.5, 0.6) is 0 Å². The zero-order valence-corrected chi connectivity index (χ0v) is 16.5. The van der Waals surface area contributed by atoms with E-state index in [2.05, 4.69) is 15.4 Å². The van der Waals surface area contributed by atoms with Crippen molar-refractivity contribution in [3.05, 3.63) is 41.0 Å². The van der Waals surface area contributed by atoms with E-state index in [1.54, 1.807) is 0 Å². The number of nitrogens with two attached hydrogens (primary N) is 1. The quantitative estimate of drug-likeness (QED) is 0.684. The molecule has 0 atom stereocenters. The molecule has 7 nitrogen and oxygen atoms in total. The van der Waals surface area contributed by atoms with Gasteiger partial charge in [-0.25, -0.2) is 13.8 Å². The Morgan fingerprint density at radius 2 is 1.90 bits per heavy atom. The molecule has 0 spiro atoms. The SMILES string of the molecule is Cc1nn(CC2CCC(F)(F)CC2)c(C(=O)Nc2ccc(C(N)=O)nc2)c1C(F)(F)F. The molecule has 0 radical (unpaired) electrons. The Kier molecular flexibility index (Phi) is 6.01. The highest BCUT2D eigenvalue weighted by Gasteiger charge is 2.42. The molecule has 0 unspecified atom stereocenters. The Labute approximate surface area is 173 Å². The highest BCUT2D eigenvalue weighted by molar-refractivity contribution is 6.04. The summed E-state index contributed by atoms with van der Waals surface area (Å²) in [5.74, 6) is -4.99. The van der Waals surface area contributed by atoms with E-state index in [9.17, 15) is 31.5 Å². The third-order valence-electron chi connectivity index (χ3n) is 5.17. The molecule has 31 heavy (non-hydrogen) atoms. The number of nitrogens with one attached hydrogen (secondary N) is 1. The van der Waals surface area contributed by atoms with Crippen LogP contribution in [-0.2, 0) is 12.7 Å². The molecular weight excluding hydrogens is 425 g/mol. The normalized spacial score (nSPS) is 16.8. The number of primary amides is 1. The number of nitrogens with zero attached hydrogens (tertiary/aromatic N) is 3. The van der Waals surface area contributed by atoms with E-state index in [0.29, 0.717) is 0 Å². The van der Waals surface area contributed by atoms with Gasteiger partial charge in [-0.2, -0.15) is 18.3 Å². The summed E-state index contributed by atoms with van der Waals surface area (Å²) in [6.07, 6.45) is -4.24. The maximum atomic E-state index is 13.6. The molecule has 1 aliphatic rings. The van der Waals surface area contributed by atoms with Crippen molar-refractivity contribution in [1.82, 2.24) is 14.8 Å². The molecular formula is C19H20F5N5O2. The second-order valence-electron chi connectivity index (χ2n) is 7.54. The standard InChI is InChI=1S/C19H20F5N5O2/c1-10-14(19(22,23)24)15(17(31)27-12-2-3-13(16(25)30)26-8-12)29(28-10)9-11-4-6-18(20,21)7-5-11/h2-3,8,11H,4-7,9H2,1H3,(H2,25,30)(H,27,31). The average Bonchev–Trinajstić information content (AvgIpc) is 3.00. The maximum Gasteiger partial charge on any atom is 0.420 e. The molecule has 2 amide bonds. The van der Waals surface area contributed by atoms with E-state index in [0.717, 1.165) is 17.8 Å². The Hall–Kier alpha value is -3.05. The number of carbonyl (C=O) groups is 2. The smallest absolute Gasteiger partial charge is 0.364 e. The summed E-state index contributed by atoms with van der Waals surface area (Å²) in [6, 6.07) is 2.49. The number of alkyl halides is 5. The van der Waals surface area contributed by atoms with E-state index < -0.39 is 35.2 Å². The van der Waals surface area contributed by atoms with E-state index in [1.807, 2.05) is 0 Å². The molecule has 1 aliphatic carbocycles. The number of hydrogen-bond acceptors (Lipinski definition) is 4. The summed E-state index contributed by atoms with van der Waals surface area (Å²) in [4.78, 5) is 27.6. The van der Waals surface area contributed by atoms with Crippen molar-refractivity contribution in [2.75, 3.05) is 5.32 Å². The number of hydrogen-bond donors (Lipinski definition) is 2. The van der Waals surface area contributed by atoms with Crippen LogP contribution < -0.4 is 11.1 Å². The third kappa shape index (κ3) is 5.17. The van der Waals surface area contributed by atoms with E-state index in [4.69, 9.17) is 5.73 Å². The predicted molar refractivity (Wildman–Crippen MR) is 99.6 cm³/mol. The minimum absolute atomic E-state index is 0.0471. The van der Waals surface area contributed by atoms with Crippen LogP contribution in [0.15, 0.2) is 18.3 Å². The maximum absolute atomic E-state index is 13.6. The van der Waals surface area contributed by atoms with Crippen molar-refractivity contribution in [1.29, 1.82) is 0 Å². The molecule has 3 rings (SSSR count). The summed E-state index contributed by atoms with van der Waals surface area (Å²) < 4.78 is 68.7. The number of anilines is 1. The second-order valence-corrected chi connectivity index (χ2v) is 7.54. The minimum Gasteiger partial charge on any atom is -0.364 e. The first-order chi connectivity index (χ1) is 14.4. The molecule has 2 aromatic rings. The fourth-order valence-corrected chi connectivity index (χ4v) is 3.61. The summed E-state index contributed by atoms with van der Waals surface area (Å²) >= 11 is 0. The molecule has 1 fully saturated rings. The van der Waals surface area contributed by atoms with Gasteiger partial charge in [0.15, 0.2) is 0 Å². The first-order valence-electron chi connectivity index (χ1n) is 9.47. The van der Waals surface area contributed by atoms with Gasteiger partial charge in [0.25, 0.3) is 11.8 Å². The van der Waals surface area contributed by atoms with Crippen molar-refractivity contribution >= 4 is 17.5 Å². The highest BCUT2D eigenvalue weighted by atomic mass is 19.4. The lowest BCUT2D eigenvalue weighted by molar-refractivity contribution is -0.138. The second kappa shape index (κ2) is 8.23. The van der Waals surface area contributed by atoms with Gasteiger partial charge in [-0.3, -0.25) is 14.3 Å². The van der Waals surface area contributed by atoms with E-state index in [-0.39, 0.29) is 55.2 Å². The lowest BCUT2D eigenvalue weighted by Gasteiger charge is -2.28. The van der Waals surface area contributed by atoms with Crippen LogP contribution in [0.25, 0.3) is 0 Å². The first kappa shape index (κ1) is 22.6. The molecule has 3 N–H and O–H groups in total. The Bertz CT molecular complexity index is 975. The van der Waals surface area contributed by atoms with Gasteiger partial charge in [0, 0.05) is 19.4 Å². The molecule has 2 heterocycles. The summed E-state index contributed by atoms with van der Waals surface area (Å²) in [7, 11) is 0. The zero-order valence-electron chi connectivity index (χ0n) is 16.5. The van der Waals surface area contributed by atoms with Gasteiger partial charge in [-0.05, 0) is 37.8 Å². The number of carbonyl (C=O) groups excluding carboxylic acids is 2. The fraction of sp³-hybridized carbons (Fsp3) is 0.474. The molecule has 1 saturated carbocycles. The minimum atomic E-state index is -4.84. The van der Waals surface area contributed by atoms with Gasteiger partial charge in [-0.1, -0.05) is 0 Å². The van der Waals surface area contributed by atoms with Crippen LogP contribution in [0.4, 0.5) is 27.6 Å². The van der Waals surface area contributed by atoms with Gasteiger partial charge >= 0.3 is 6.18 Å². The van der Waals surface area contributed by atoms with Crippen molar-refractivity contribution < 1.29 is 31.5 Å². The molecule has 0 bridgehead atoms. The van der Waals surface area contributed by atoms with Crippen LogP contribution in [0.3, 0.4) is 0 Å². The largest absolute Gasteiger partial charge is 0.420 e. The van der Waals surface area contributed by atoms with Crippen LogP contribution in [0, 0.1) is 12.8 Å². The monoisotopic (exact) mass is 445 g/mol. The van der Waals surface area contributed by atoms with Gasteiger partial charge in [0.1, 0.15) is 17.0 Å². The van der Waals surface area contributed by atoms with Crippen molar-refractivity contribution in [3.8, 4) is 0 Å². The molecule has 0 aromatic carbocycles. The number of pyridine rings is 1. The summed E-state index contributed by atoms with van der Waals surface area (Å²) in [5.41, 5.74) is 2.76. The number of amides is 2. The predicted octanol–water partition coefficient (Wildman–Crippen LogP) is 3.78. The van der Waals surface area contributed by atoms with Crippen LogP contribution in [-0.4, -0.2) is 32.5 Å². The van der Waals surface area contributed by atoms with Crippen LogP contribution >= 0.6 is 0 Å². The Morgan fingerprint density at radius 3 is 2.42 bits per heavy atom. The van der Waals surface area contributed by atoms with Crippen molar-refractivity contribution in [2.45, 2.75) is 51.3 Å². The third-order valence-corrected chi connectivity index (χ3v) is 5.17. The summed E-state index contributed by atoms with van der Waals surface area (Å²) in [6.45, 7) is 1.04. The van der Waals surface area contributed by atoms with Crippen molar-refractivity contribution in [2.24, 2.45) is 11.7 Å². The number of halogens is 5. The van der Waals surface area contributed by atoms with Gasteiger partial charge in [0.05, 0.1) is 17.6 Å². The first-order valence-corrected chi connectivity index (χ1v) is 9.47. The molecule has 2 aromatic heterocycles. The average molecular weight is 445 g/mol. The Balaban J connectivity index is 1.89. The number of aryl methyl sites for hydroxylation is 1. The van der Waals surface area contributed by atoms with Crippen LogP contribution in [0.1, 0.15) is 57.9 Å². The molecule has 168 valence electrons. The topological polar surface area (TPSA) is 103 Å². The molecule has 0 aliphatic heterocycles. The zero-order chi connectivity index (χ0) is 23.0. The lowest BCUT2D eigenvalue weighted by atomic mass is 9.87. The van der Waals surface area contributed by atoms with E-state index in [1.165, 1.54) is 12.1 Å². The highest BCUT2D eigenvalue weighted by Crippen LogP contribution is 2.38. The van der Waals surface area contributed by atoms with Gasteiger partial charge in [0.2, 0.25) is 5.92 Å². The lowest BCUT2D eigenvalue weighted by Crippen LogP contribution is -2.29. The number of rotatable bonds is 5. The molecule has 0 saturated heterocycles. The van der Waals surface area contributed by atoms with Gasteiger partial charge < -0.3 is 11.1 Å². The fourth-order valence-electron chi connectivity index (χ4n) is 3.61. The van der Waals surface area contributed by atoms with Crippen molar-refractivity contribution in [3.63, 3.8) is 0 Å². The molecule has 12 heteroatoms. The summed E-state index contributed by atoms with van der Waals surface area (Å²) in [5, 5.41) is 6.19. The van der Waals surface area contributed by atoms with E-state index >= 15 is 0 Å². The van der Waals surface area contributed by atoms with Gasteiger partial charge in [-0.15, -0.1) is 0 Å². The number of aromatic nitrogens is 3. The van der Waals surface area contributed by atoms with Crippen LogP contribution in [0.2, 0.25) is 0 Å².